The minimum absolute atomic E-state index is 0.108. The van der Waals surface area contributed by atoms with Gasteiger partial charge in [-0.2, -0.15) is 5.10 Å². The van der Waals surface area contributed by atoms with E-state index in [2.05, 4.69) is 10.4 Å². The van der Waals surface area contributed by atoms with Gasteiger partial charge in [-0.05, 0) is 13.3 Å². The van der Waals surface area contributed by atoms with E-state index in [9.17, 15) is 4.79 Å². The number of carboxylic acids is 1. The predicted octanol–water partition coefficient (Wildman–Crippen LogP) is 0.958. The van der Waals surface area contributed by atoms with Gasteiger partial charge in [0.1, 0.15) is 5.82 Å². The molecule has 70 valence electrons. The van der Waals surface area contributed by atoms with E-state index in [0.29, 0.717) is 0 Å². The molecular formula is C8H11N3O2. The molecule has 1 aromatic heterocycles. The molecule has 2 rings (SSSR count). The molecular weight excluding hydrogens is 170 g/mol. The van der Waals surface area contributed by atoms with E-state index >= 15 is 0 Å². The molecule has 1 unspecified atom stereocenters. The maximum Gasteiger partial charge on any atom is 0.356 e. The number of rotatable bonds is 1. The molecule has 0 spiro atoms. The second-order valence-corrected chi connectivity index (χ2v) is 3.23. The average Bonchev–Trinajstić information content (AvgIpc) is 2.49. The third-order valence-electron chi connectivity index (χ3n) is 2.24. The molecule has 1 aliphatic heterocycles. The molecule has 1 aromatic rings. The quantitative estimate of drug-likeness (QED) is 0.677. The Labute approximate surface area is 75.4 Å². The van der Waals surface area contributed by atoms with Crippen LogP contribution in [0, 0.1) is 0 Å². The Kier molecular flexibility index (Phi) is 1.72. The van der Waals surface area contributed by atoms with Crippen molar-refractivity contribution in [2.45, 2.75) is 19.4 Å². The molecule has 2 heterocycles. The first-order valence-electron chi connectivity index (χ1n) is 4.25. The minimum atomic E-state index is -0.976. The SMILES string of the molecule is CC1CCNc2cc(C(=O)O)nn21. The van der Waals surface area contributed by atoms with Gasteiger partial charge < -0.3 is 10.4 Å². The van der Waals surface area contributed by atoms with E-state index in [-0.39, 0.29) is 11.7 Å². The summed E-state index contributed by atoms with van der Waals surface area (Å²) in [6.07, 6.45) is 0.980. The number of nitrogens with one attached hydrogen (secondary N) is 1. The Bertz CT molecular complexity index is 345. The van der Waals surface area contributed by atoms with Gasteiger partial charge in [0.05, 0.1) is 6.04 Å². The largest absolute Gasteiger partial charge is 0.476 e. The number of anilines is 1. The summed E-state index contributed by atoms with van der Waals surface area (Å²) in [6, 6.07) is 1.85. The molecule has 2 N–H and O–H groups in total. The molecule has 0 saturated heterocycles. The summed E-state index contributed by atoms with van der Waals surface area (Å²) in [5.74, 6) is -0.174. The van der Waals surface area contributed by atoms with Crippen molar-refractivity contribution in [3.05, 3.63) is 11.8 Å². The molecule has 5 nitrogen and oxygen atoms in total. The highest BCUT2D eigenvalue weighted by Gasteiger charge is 2.19. The zero-order valence-electron chi connectivity index (χ0n) is 7.32. The zero-order valence-corrected chi connectivity index (χ0v) is 7.32. The standard InChI is InChI=1S/C8H11N3O2/c1-5-2-3-9-7-4-6(8(12)13)10-11(5)7/h4-5,9H,2-3H2,1H3,(H,12,13). The van der Waals surface area contributed by atoms with Gasteiger partial charge in [-0.25, -0.2) is 9.48 Å². The number of nitrogens with zero attached hydrogens (tertiary/aromatic N) is 2. The molecule has 1 aliphatic rings. The van der Waals surface area contributed by atoms with Gasteiger partial charge in [-0.15, -0.1) is 0 Å². The molecule has 13 heavy (non-hydrogen) atoms. The van der Waals surface area contributed by atoms with Crippen molar-refractivity contribution < 1.29 is 9.90 Å². The number of carbonyl (C=O) groups is 1. The fourth-order valence-electron chi connectivity index (χ4n) is 1.50. The number of aromatic nitrogens is 2. The van der Waals surface area contributed by atoms with Crippen LogP contribution >= 0.6 is 0 Å². The van der Waals surface area contributed by atoms with Crippen molar-refractivity contribution in [3.63, 3.8) is 0 Å². The van der Waals surface area contributed by atoms with Crippen molar-refractivity contribution >= 4 is 11.8 Å². The van der Waals surface area contributed by atoms with E-state index in [1.54, 1.807) is 10.7 Å². The van der Waals surface area contributed by atoms with Crippen LogP contribution in [0.5, 0.6) is 0 Å². The lowest BCUT2D eigenvalue weighted by molar-refractivity contribution is 0.0689. The minimum Gasteiger partial charge on any atom is -0.476 e. The first-order valence-corrected chi connectivity index (χ1v) is 4.25. The van der Waals surface area contributed by atoms with Crippen molar-refractivity contribution in [1.82, 2.24) is 9.78 Å². The van der Waals surface area contributed by atoms with Crippen molar-refractivity contribution in [2.24, 2.45) is 0 Å². The number of hydrogen-bond acceptors (Lipinski definition) is 3. The Morgan fingerprint density at radius 2 is 2.62 bits per heavy atom. The van der Waals surface area contributed by atoms with Gasteiger partial charge in [-0.1, -0.05) is 0 Å². The van der Waals surface area contributed by atoms with Gasteiger partial charge >= 0.3 is 5.97 Å². The fourth-order valence-corrected chi connectivity index (χ4v) is 1.50. The lowest BCUT2D eigenvalue weighted by atomic mass is 10.2. The molecule has 0 fully saturated rings. The first-order chi connectivity index (χ1) is 6.18. The highest BCUT2D eigenvalue weighted by Crippen LogP contribution is 2.23. The summed E-state index contributed by atoms with van der Waals surface area (Å²) < 4.78 is 1.73. The monoisotopic (exact) mass is 181 g/mol. The summed E-state index contributed by atoms with van der Waals surface area (Å²) >= 11 is 0. The van der Waals surface area contributed by atoms with Crippen molar-refractivity contribution in [1.29, 1.82) is 0 Å². The Morgan fingerprint density at radius 1 is 1.85 bits per heavy atom. The van der Waals surface area contributed by atoms with Crippen LogP contribution in [-0.2, 0) is 0 Å². The Hall–Kier alpha value is -1.52. The van der Waals surface area contributed by atoms with Gasteiger partial charge in [0, 0.05) is 12.6 Å². The molecule has 0 saturated carbocycles. The molecule has 1 atom stereocenters. The van der Waals surface area contributed by atoms with Crippen LogP contribution in [0.15, 0.2) is 6.07 Å². The molecule has 0 aliphatic carbocycles. The van der Waals surface area contributed by atoms with Crippen LogP contribution in [0.25, 0.3) is 0 Å². The van der Waals surface area contributed by atoms with Crippen LogP contribution in [0.1, 0.15) is 29.9 Å². The summed E-state index contributed by atoms with van der Waals surface area (Å²) in [5, 5.41) is 15.8. The van der Waals surface area contributed by atoms with Gasteiger partial charge in [-0.3, -0.25) is 0 Å². The average molecular weight is 181 g/mol. The summed E-state index contributed by atoms with van der Waals surface area (Å²) in [5.41, 5.74) is 0.108. The van der Waals surface area contributed by atoms with Gasteiger partial charge in [0.2, 0.25) is 0 Å². The van der Waals surface area contributed by atoms with Gasteiger partial charge in [0.15, 0.2) is 5.69 Å². The summed E-state index contributed by atoms with van der Waals surface area (Å²) in [4.78, 5) is 10.6. The zero-order chi connectivity index (χ0) is 9.42. The predicted molar refractivity (Wildman–Crippen MR) is 47.0 cm³/mol. The highest BCUT2D eigenvalue weighted by atomic mass is 16.4. The lowest BCUT2D eigenvalue weighted by Gasteiger charge is -2.21. The Morgan fingerprint density at radius 3 is 3.23 bits per heavy atom. The topological polar surface area (TPSA) is 67.2 Å². The van der Waals surface area contributed by atoms with Crippen LogP contribution < -0.4 is 5.32 Å². The maximum absolute atomic E-state index is 10.6. The van der Waals surface area contributed by atoms with E-state index < -0.39 is 5.97 Å². The van der Waals surface area contributed by atoms with Crippen LogP contribution in [0.2, 0.25) is 0 Å². The third-order valence-corrected chi connectivity index (χ3v) is 2.24. The molecule has 5 heteroatoms. The molecule has 0 amide bonds. The summed E-state index contributed by atoms with van der Waals surface area (Å²) in [6.45, 7) is 2.91. The lowest BCUT2D eigenvalue weighted by Crippen LogP contribution is -2.21. The number of aromatic carboxylic acids is 1. The number of fused-ring (bicyclic) bond motifs is 1. The third kappa shape index (κ3) is 1.26. The van der Waals surface area contributed by atoms with Crippen LogP contribution in [0.4, 0.5) is 5.82 Å². The van der Waals surface area contributed by atoms with Crippen molar-refractivity contribution in [3.8, 4) is 0 Å². The van der Waals surface area contributed by atoms with E-state index in [0.717, 1.165) is 18.8 Å². The molecule has 0 bridgehead atoms. The molecule has 0 aromatic carbocycles. The normalized spacial score (nSPS) is 20.5. The second kappa shape index (κ2) is 2.76. The first kappa shape index (κ1) is 8.10. The number of hydrogen-bond donors (Lipinski definition) is 2. The summed E-state index contributed by atoms with van der Waals surface area (Å²) in [7, 11) is 0. The van der Waals surface area contributed by atoms with E-state index in [1.165, 1.54) is 0 Å². The van der Waals surface area contributed by atoms with Crippen molar-refractivity contribution in [2.75, 3.05) is 11.9 Å². The van der Waals surface area contributed by atoms with Crippen LogP contribution in [0.3, 0.4) is 0 Å². The fraction of sp³-hybridized carbons (Fsp3) is 0.500. The second-order valence-electron chi connectivity index (χ2n) is 3.23. The maximum atomic E-state index is 10.6. The Balaban J connectivity index is 2.42. The highest BCUT2D eigenvalue weighted by molar-refractivity contribution is 5.86. The smallest absolute Gasteiger partial charge is 0.356 e. The van der Waals surface area contributed by atoms with Crippen LogP contribution in [-0.4, -0.2) is 27.4 Å². The number of carboxylic acid groups (broad SMARTS) is 1. The van der Waals surface area contributed by atoms with E-state index in [4.69, 9.17) is 5.11 Å². The van der Waals surface area contributed by atoms with E-state index in [1.807, 2.05) is 6.92 Å². The van der Waals surface area contributed by atoms with Gasteiger partial charge in [0.25, 0.3) is 0 Å². The molecule has 0 radical (unpaired) electrons.